The lowest BCUT2D eigenvalue weighted by Crippen LogP contribution is -2.38. The zero-order valence-electron chi connectivity index (χ0n) is 12.3. The summed E-state index contributed by atoms with van der Waals surface area (Å²) in [6.45, 7) is 14.3. The van der Waals surface area contributed by atoms with E-state index in [1.807, 2.05) is 6.08 Å². The van der Waals surface area contributed by atoms with E-state index in [4.69, 9.17) is 0 Å². The highest BCUT2D eigenvalue weighted by molar-refractivity contribution is 14.0. The van der Waals surface area contributed by atoms with Gasteiger partial charge in [-0.3, -0.25) is 4.99 Å². The first-order chi connectivity index (χ1) is 8.76. The van der Waals surface area contributed by atoms with Crippen LogP contribution in [-0.2, 0) is 0 Å². The molecule has 112 valence electrons. The third-order valence-corrected chi connectivity index (χ3v) is 3.09. The van der Waals surface area contributed by atoms with E-state index in [1.165, 1.54) is 32.5 Å². The first kappa shape index (κ1) is 18.7. The molecule has 1 heterocycles. The van der Waals surface area contributed by atoms with Gasteiger partial charge in [-0.2, -0.15) is 0 Å². The van der Waals surface area contributed by atoms with Crippen molar-refractivity contribution in [3.05, 3.63) is 12.7 Å². The van der Waals surface area contributed by atoms with Gasteiger partial charge in [-0.15, -0.1) is 30.6 Å². The molecule has 1 rings (SSSR count). The first-order valence-electron chi connectivity index (χ1n) is 7.11. The average Bonchev–Trinajstić information content (AvgIpc) is 2.85. The van der Waals surface area contributed by atoms with Crippen molar-refractivity contribution in [1.82, 2.24) is 15.5 Å². The Bertz CT molecular complexity index is 262. The van der Waals surface area contributed by atoms with Crippen molar-refractivity contribution in [1.29, 1.82) is 0 Å². The third-order valence-electron chi connectivity index (χ3n) is 3.09. The van der Waals surface area contributed by atoms with Crippen LogP contribution in [0.3, 0.4) is 0 Å². The van der Waals surface area contributed by atoms with Gasteiger partial charge in [-0.05, 0) is 38.8 Å². The van der Waals surface area contributed by atoms with Crippen LogP contribution in [0.2, 0.25) is 0 Å². The van der Waals surface area contributed by atoms with Crippen LogP contribution in [0.4, 0.5) is 0 Å². The maximum Gasteiger partial charge on any atom is 0.191 e. The summed E-state index contributed by atoms with van der Waals surface area (Å²) in [5, 5.41) is 6.47. The number of likely N-dealkylation sites (tertiary alicyclic amines) is 1. The van der Waals surface area contributed by atoms with Crippen molar-refractivity contribution in [2.24, 2.45) is 10.9 Å². The van der Waals surface area contributed by atoms with Crippen molar-refractivity contribution in [3.63, 3.8) is 0 Å². The fraction of sp³-hybridized carbons (Fsp3) is 0.786. The van der Waals surface area contributed by atoms with Crippen molar-refractivity contribution in [2.45, 2.75) is 26.7 Å². The topological polar surface area (TPSA) is 39.7 Å². The van der Waals surface area contributed by atoms with Crippen molar-refractivity contribution in [3.8, 4) is 0 Å². The standard InChI is InChI=1S/C14H28N4.HI/c1-4-8-16-14(15-5-2)17-11-13(3)12-18-9-6-7-10-18;/h4,13H,1,5-12H2,2-3H3,(H2,15,16,17);1H. The van der Waals surface area contributed by atoms with Crippen LogP contribution in [-0.4, -0.2) is 50.1 Å². The number of rotatable bonds is 7. The van der Waals surface area contributed by atoms with Crippen LogP contribution in [0.15, 0.2) is 17.6 Å². The highest BCUT2D eigenvalue weighted by Crippen LogP contribution is 2.10. The molecule has 0 bridgehead atoms. The van der Waals surface area contributed by atoms with Gasteiger partial charge < -0.3 is 15.5 Å². The summed E-state index contributed by atoms with van der Waals surface area (Å²) in [6, 6.07) is 0. The number of halogens is 1. The summed E-state index contributed by atoms with van der Waals surface area (Å²) < 4.78 is 0. The van der Waals surface area contributed by atoms with Crippen molar-refractivity contribution in [2.75, 3.05) is 39.3 Å². The molecule has 5 heteroatoms. The minimum atomic E-state index is 0. The predicted octanol–water partition coefficient (Wildman–Crippen LogP) is 2.08. The molecule has 1 fully saturated rings. The minimum absolute atomic E-state index is 0. The molecular weight excluding hydrogens is 351 g/mol. The molecule has 0 spiro atoms. The van der Waals surface area contributed by atoms with E-state index in [2.05, 4.69) is 41.0 Å². The number of nitrogens with one attached hydrogen (secondary N) is 2. The van der Waals surface area contributed by atoms with Crippen LogP contribution < -0.4 is 10.6 Å². The summed E-state index contributed by atoms with van der Waals surface area (Å²) in [4.78, 5) is 7.16. The SMILES string of the molecule is C=CCNC(=NCC(C)CN1CCCC1)NCC.I. The van der Waals surface area contributed by atoms with E-state index in [-0.39, 0.29) is 24.0 Å². The van der Waals surface area contributed by atoms with E-state index < -0.39 is 0 Å². The number of aliphatic imine (C=N–C) groups is 1. The molecule has 1 aliphatic heterocycles. The Morgan fingerprint density at radius 1 is 1.37 bits per heavy atom. The zero-order valence-corrected chi connectivity index (χ0v) is 14.7. The average molecular weight is 380 g/mol. The van der Waals surface area contributed by atoms with Crippen LogP contribution in [0, 0.1) is 5.92 Å². The third kappa shape index (κ3) is 8.47. The lowest BCUT2D eigenvalue weighted by Gasteiger charge is -2.19. The van der Waals surface area contributed by atoms with Crippen LogP contribution in [0.1, 0.15) is 26.7 Å². The van der Waals surface area contributed by atoms with Crippen molar-refractivity contribution < 1.29 is 0 Å². The van der Waals surface area contributed by atoms with E-state index in [9.17, 15) is 0 Å². The Morgan fingerprint density at radius 3 is 2.63 bits per heavy atom. The quantitative estimate of drug-likeness (QED) is 0.308. The normalized spacial score (nSPS) is 17.7. The lowest BCUT2D eigenvalue weighted by molar-refractivity contribution is 0.291. The number of hydrogen-bond donors (Lipinski definition) is 2. The largest absolute Gasteiger partial charge is 0.357 e. The lowest BCUT2D eigenvalue weighted by atomic mass is 10.2. The van der Waals surface area contributed by atoms with E-state index in [0.717, 1.165) is 25.6 Å². The van der Waals surface area contributed by atoms with Gasteiger partial charge in [0.1, 0.15) is 0 Å². The Kier molecular flexibility index (Phi) is 11.3. The fourth-order valence-corrected chi connectivity index (χ4v) is 2.22. The first-order valence-corrected chi connectivity index (χ1v) is 7.11. The highest BCUT2D eigenvalue weighted by atomic mass is 127. The van der Waals surface area contributed by atoms with E-state index >= 15 is 0 Å². The molecule has 0 amide bonds. The maximum absolute atomic E-state index is 4.61. The van der Waals surface area contributed by atoms with Crippen LogP contribution in [0.5, 0.6) is 0 Å². The molecule has 1 atom stereocenters. The van der Waals surface area contributed by atoms with Gasteiger partial charge in [0.25, 0.3) is 0 Å². The second-order valence-corrected chi connectivity index (χ2v) is 5.00. The molecule has 1 aliphatic rings. The molecular formula is C14H29IN4. The Labute approximate surface area is 135 Å². The summed E-state index contributed by atoms with van der Waals surface area (Å²) in [5.41, 5.74) is 0. The summed E-state index contributed by atoms with van der Waals surface area (Å²) in [5.74, 6) is 1.51. The molecule has 4 nitrogen and oxygen atoms in total. The number of hydrogen-bond acceptors (Lipinski definition) is 2. The molecule has 0 aromatic rings. The van der Waals surface area contributed by atoms with Gasteiger partial charge in [-0.25, -0.2) is 0 Å². The van der Waals surface area contributed by atoms with Crippen LogP contribution >= 0.6 is 24.0 Å². The Hall–Kier alpha value is -0.300. The molecule has 0 aliphatic carbocycles. The fourth-order valence-electron chi connectivity index (χ4n) is 2.22. The molecule has 0 aromatic heterocycles. The van der Waals surface area contributed by atoms with Gasteiger partial charge in [0.2, 0.25) is 0 Å². The Balaban J connectivity index is 0.00000324. The summed E-state index contributed by atoms with van der Waals surface area (Å²) in [6.07, 6.45) is 4.57. The van der Waals surface area contributed by atoms with Gasteiger partial charge in [0.15, 0.2) is 5.96 Å². The minimum Gasteiger partial charge on any atom is -0.357 e. The van der Waals surface area contributed by atoms with Gasteiger partial charge in [0.05, 0.1) is 0 Å². The molecule has 2 N–H and O–H groups in total. The summed E-state index contributed by atoms with van der Waals surface area (Å²) >= 11 is 0. The van der Waals surface area contributed by atoms with E-state index in [1.54, 1.807) is 0 Å². The number of nitrogens with zero attached hydrogens (tertiary/aromatic N) is 2. The maximum atomic E-state index is 4.61. The molecule has 0 saturated carbocycles. The Morgan fingerprint density at radius 2 is 2.05 bits per heavy atom. The van der Waals surface area contributed by atoms with Gasteiger partial charge in [-0.1, -0.05) is 13.0 Å². The zero-order chi connectivity index (χ0) is 13.2. The molecule has 0 radical (unpaired) electrons. The predicted molar refractivity (Wildman–Crippen MR) is 94.4 cm³/mol. The number of guanidine groups is 1. The smallest absolute Gasteiger partial charge is 0.191 e. The highest BCUT2D eigenvalue weighted by Gasteiger charge is 2.14. The molecule has 1 saturated heterocycles. The summed E-state index contributed by atoms with van der Waals surface area (Å²) in [7, 11) is 0. The second kappa shape index (κ2) is 11.5. The van der Waals surface area contributed by atoms with Crippen LogP contribution in [0.25, 0.3) is 0 Å². The second-order valence-electron chi connectivity index (χ2n) is 5.00. The monoisotopic (exact) mass is 380 g/mol. The molecule has 0 aromatic carbocycles. The van der Waals surface area contributed by atoms with Gasteiger partial charge >= 0.3 is 0 Å². The molecule has 1 unspecified atom stereocenters. The molecule has 19 heavy (non-hydrogen) atoms. The van der Waals surface area contributed by atoms with Gasteiger partial charge in [0, 0.05) is 26.2 Å². The van der Waals surface area contributed by atoms with Crippen molar-refractivity contribution >= 4 is 29.9 Å². The van der Waals surface area contributed by atoms with E-state index in [0.29, 0.717) is 5.92 Å².